The number of hydrogen-bond acceptors (Lipinski definition) is 4. The maximum Gasteiger partial charge on any atom is 0.332 e. The average Bonchev–Trinajstić information content (AvgIpc) is 3.22. The summed E-state index contributed by atoms with van der Waals surface area (Å²) in [5, 5.41) is 1.35. The highest BCUT2D eigenvalue weighted by Crippen LogP contribution is 2.31. The Labute approximate surface area is 220 Å². The quantitative estimate of drug-likeness (QED) is 0.275. The van der Waals surface area contributed by atoms with Crippen molar-refractivity contribution < 1.29 is 4.74 Å². The maximum absolute atomic E-state index is 13.8. The normalized spacial score (nSPS) is 11.2. The summed E-state index contributed by atoms with van der Waals surface area (Å²) in [7, 11) is 1.55. The minimum Gasteiger partial charge on any atom is -0.424 e. The van der Waals surface area contributed by atoms with Gasteiger partial charge < -0.3 is 4.74 Å². The summed E-state index contributed by atoms with van der Waals surface area (Å²) in [6.07, 6.45) is 0. The van der Waals surface area contributed by atoms with Crippen LogP contribution >= 0.6 is 34.8 Å². The molecule has 0 aliphatic heterocycles. The van der Waals surface area contributed by atoms with Crippen molar-refractivity contribution in [3.05, 3.63) is 120 Å². The fourth-order valence-corrected chi connectivity index (χ4v) is 4.50. The van der Waals surface area contributed by atoms with Gasteiger partial charge in [-0.05, 0) is 35.4 Å². The Morgan fingerprint density at radius 1 is 0.750 bits per heavy atom. The molecule has 182 valence electrons. The second-order valence-electron chi connectivity index (χ2n) is 8.10. The standard InChI is InChI=1S/C26H19Cl3N4O3/c1-31-23-22(24(34)33(26(31)35)15-17-9-3-5-11-19(17)28)32(14-16-8-2-4-10-18(16)27)25(30-23)36-21-13-7-6-12-20(21)29/h2-13H,14-15H2,1H3. The summed E-state index contributed by atoms with van der Waals surface area (Å²) >= 11 is 19.1. The van der Waals surface area contributed by atoms with Crippen LogP contribution < -0.4 is 16.0 Å². The predicted molar refractivity (Wildman–Crippen MR) is 142 cm³/mol. The van der Waals surface area contributed by atoms with Gasteiger partial charge in [0.1, 0.15) is 5.75 Å². The summed E-state index contributed by atoms with van der Waals surface area (Å²) in [6.45, 7) is 0.175. The number of rotatable bonds is 6. The molecule has 10 heteroatoms. The van der Waals surface area contributed by atoms with E-state index in [4.69, 9.17) is 39.5 Å². The van der Waals surface area contributed by atoms with Crippen molar-refractivity contribution in [3.63, 3.8) is 0 Å². The number of hydrogen-bond donors (Lipinski definition) is 0. The molecular weight excluding hydrogens is 523 g/mol. The molecule has 2 heterocycles. The van der Waals surface area contributed by atoms with E-state index >= 15 is 0 Å². The molecule has 0 saturated carbocycles. The van der Waals surface area contributed by atoms with Crippen LogP contribution in [0.2, 0.25) is 15.1 Å². The van der Waals surface area contributed by atoms with Gasteiger partial charge in [-0.25, -0.2) is 4.79 Å². The van der Waals surface area contributed by atoms with E-state index in [1.807, 2.05) is 18.2 Å². The van der Waals surface area contributed by atoms with Gasteiger partial charge in [-0.1, -0.05) is 83.3 Å². The zero-order valence-electron chi connectivity index (χ0n) is 19.0. The van der Waals surface area contributed by atoms with Crippen LogP contribution in [-0.2, 0) is 20.1 Å². The molecule has 2 aromatic heterocycles. The Morgan fingerprint density at radius 3 is 1.86 bits per heavy atom. The number of benzene rings is 3. The van der Waals surface area contributed by atoms with Crippen molar-refractivity contribution in [1.29, 1.82) is 0 Å². The topological polar surface area (TPSA) is 71.1 Å². The second-order valence-corrected chi connectivity index (χ2v) is 9.32. The zero-order chi connectivity index (χ0) is 25.4. The van der Waals surface area contributed by atoms with Crippen LogP contribution in [0.1, 0.15) is 11.1 Å². The van der Waals surface area contributed by atoms with E-state index in [0.717, 1.165) is 10.1 Å². The molecule has 0 atom stereocenters. The molecule has 0 saturated heterocycles. The number of nitrogens with zero attached hydrogens (tertiary/aromatic N) is 4. The Morgan fingerprint density at radius 2 is 1.28 bits per heavy atom. The fraction of sp³-hybridized carbons (Fsp3) is 0.115. The summed E-state index contributed by atoms with van der Waals surface area (Å²) in [6, 6.07) is 21.4. The molecule has 0 amide bonds. The SMILES string of the molecule is Cn1c(=O)n(Cc2ccccc2Cl)c(=O)c2c1nc(Oc1ccccc1Cl)n2Cc1ccccc1Cl. The summed E-state index contributed by atoms with van der Waals surface area (Å²) in [5.74, 6) is 0.358. The highest BCUT2D eigenvalue weighted by atomic mass is 35.5. The van der Waals surface area contributed by atoms with E-state index in [1.165, 1.54) is 4.57 Å². The Bertz CT molecular complexity index is 1720. The molecule has 5 rings (SSSR count). The largest absolute Gasteiger partial charge is 0.424 e. The third-order valence-corrected chi connectivity index (χ3v) is 6.86. The van der Waals surface area contributed by atoms with Gasteiger partial charge in [0.15, 0.2) is 11.2 Å². The van der Waals surface area contributed by atoms with Gasteiger partial charge in [0.2, 0.25) is 0 Å². The monoisotopic (exact) mass is 540 g/mol. The Hall–Kier alpha value is -3.52. The smallest absolute Gasteiger partial charge is 0.332 e. The molecule has 3 aromatic carbocycles. The number of para-hydroxylation sites is 1. The third-order valence-electron chi connectivity index (χ3n) is 5.81. The van der Waals surface area contributed by atoms with Crippen molar-refractivity contribution in [3.8, 4) is 11.8 Å². The molecule has 0 unspecified atom stereocenters. The average molecular weight is 542 g/mol. The van der Waals surface area contributed by atoms with E-state index < -0.39 is 11.2 Å². The minimum absolute atomic E-state index is 0.000896. The summed E-state index contributed by atoms with van der Waals surface area (Å²) < 4.78 is 10.1. The van der Waals surface area contributed by atoms with Gasteiger partial charge in [-0.3, -0.25) is 18.5 Å². The van der Waals surface area contributed by atoms with Gasteiger partial charge in [0.05, 0.1) is 18.1 Å². The number of imidazole rings is 1. The summed E-state index contributed by atoms with van der Waals surface area (Å²) in [5.41, 5.74) is 0.692. The van der Waals surface area contributed by atoms with E-state index in [-0.39, 0.29) is 30.3 Å². The third kappa shape index (κ3) is 4.41. The number of aromatic nitrogens is 4. The minimum atomic E-state index is -0.529. The number of aryl methyl sites for hydroxylation is 1. The first-order chi connectivity index (χ1) is 17.3. The van der Waals surface area contributed by atoms with Gasteiger partial charge in [-0.15, -0.1) is 0 Å². The van der Waals surface area contributed by atoms with Gasteiger partial charge in [0.25, 0.3) is 5.56 Å². The summed E-state index contributed by atoms with van der Waals surface area (Å²) in [4.78, 5) is 31.5. The predicted octanol–water partition coefficient (Wildman–Crippen LogP) is 5.75. The lowest BCUT2D eigenvalue weighted by Gasteiger charge is -2.13. The van der Waals surface area contributed by atoms with E-state index in [0.29, 0.717) is 26.4 Å². The van der Waals surface area contributed by atoms with Gasteiger partial charge >= 0.3 is 11.7 Å². The lowest BCUT2D eigenvalue weighted by Crippen LogP contribution is -2.40. The molecule has 0 aliphatic carbocycles. The Kier molecular flexibility index (Phi) is 6.62. The molecule has 0 fully saturated rings. The lowest BCUT2D eigenvalue weighted by atomic mass is 10.2. The maximum atomic E-state index is 13.8. The van der Waals surface area contributed by atoms with E-state index in [2.05, 4.69) is 4.98 Å². The van der Waals surface area contributed by atoms with Crippen molar-refractivity contribution in [2.75, 3.05) is 0 Å². The van der Waals surface area contributed by atoms with Gasteiger partial charge in [-0.2, -0.15) is 4.98 Å². The molecule has 0 aliphatic rings. The molecule has 7 nitrogen and oxygen atoms in total. The zero-order valence-corrected chi connectivity index (χ0v) is 21.3. The Balaban J connectivity index is 1.75. The van der Waals surface area contributed by atoms with Crippen LogP contribution in [0.5, 0.6) is 11.8 Å². The van der Waals surface area contributed by atoms with E-state index in [1.54, 1.807) is 66.2 Å². The van der Waals surface area contributed by atoms with Crippen LogP contribution in [0.4, 0.5) is 0 Å². The number of halogens is 3. The van der Waals surface area contributed by atoms with Crippen LogP contribution in [0, 0.1) is 0 Å². The first kappa shape index (κ1) is 24.2. The first-order valence-corrected chi connectivity index (χ1v) is 12.1. The molecule has 0 radical (unpaired) electrons. The molecule has 0 spiro atoms. The fourth-order valence-electron chi connectivity index (χ4n) is 3.94. The van der Waals surface area contributed by atoms with Crippen LogP contribution in [-0.4, -0.2) is 18.7 Å². The molecule has 0 N–H and O–H groups in total. The van der Waals surface area contributed by atoms with E-state index in [9.17, 15) is 9.59 Å². The van der Waals surface area contributed by atoms with Crippen molar-refractivity contribution in [2.45, 2.75) is 13.1 Å². The van der Waals surface area contributed by atoms with Crippen LogP contribution in [0.25, 0.3) is 11.2 Å². The highest BCUT2D eigenvalue weighted by molar-refractivity contribution is 6.32. The van der Waals surface area contributed by atoms with Gasteiger partial charge in [0, 0.05) is 17.1 Å². The van der Waals surface area contributed by atoms with Crippen LogP contribution in [0.3, 0.4) is 0 Å². The molecule has 5 aromatic rings. The molecular formula is C26H19Cl3N4O3. The number of fused-ring (bicyclic) bond motifs is 1. The number of ether oxygens (including phenoxy) is 1. The first-order valence-electron chi connectivity index (χ1n) is 10.9. The van der Waals surface area contributed by atoms with Crippen LogP contribution in [0.15, 0.2) is 82.4 Å². The van der Waals surface area contributed by atoms with Crippen molar-refractivity contribution in [1.82, 2.24) is 18.7 Å². The second kappa shape index (κ2) is 9.85. The van der Waals surface area contributed by atoms with Crippen molar-refractivity contribution >= 4 is 46.0 Å². The van der Waals surface area contributed by atoms with Crippen molar-refractivity contribution in [2.24, 2.45) is 7.05 Å². The molecule has 0 bridgehead atoms. The highest BCUT2D eigenvalue weighted by Gasteiger charge is 2.23. The molecule has 36 heavy (non-hydrogen) atoms. The lowest BCUT2D eigenvalue weighted by molar-refractivity contribution is 0.421.